The summed E-state index contributed by atoms with van der Waals surface area (Å²) in [6, 6.07) is 0.339. The Morgan fingerprint density at radius 2 is 2.41 bits per heavy atom. The van der Waals surface area contributed by atoms with Gasteiger partial charge in [-0.1, -0.05) is 0 Å². The summed E-state index contributed by atoms with van der Waals surface area (Å²) in [7, 11) is 2.17. The van der Waals surface area contributed by atoms with Crippen LogP contribution in [0, 0.1) is 5.92 Å². The molecule has 1 saturated heterocycles. The molecule has 1 aliphatic rings. The Bertz CT molecular complexity index is 321. The summed E-state index contributed by atoms with van der Waals surface area (Å²) in [5, 5.41) is 3.46. The Morgan fingerprint density at radius 1 is 1.53 bits per heavy atom. The predicted octanol–water partition coefficient (Wildman–Crippen LogP) is 1.47. The summed E-state index contributed by atoms with van der Waals surface area (Å²) in [4.78, 5) is 10.9. The first kappa shape index (κ1) is 12.5. The largest absolute Gasteiger partial charge is 0.316 e. The van der Waals surface area contributed by atoms with Crippen LogP contribution >= 0.6 is 0 Å². The van der Waals surface area contributed by atoms with Crippen molar-refractivity contribution in [3.05, 3.63) is 24.3 Å². The zero-order valence-corrected chi connectivity index (χ0v) is 10.8. The van der Waals surface area contributed by atoms with Crippen molar-refractivity contribution in [2.24, 2.45) is 5.92 Å². The van der Waals surface area contributed by atoms with E-state index >= 15 is 0 Å². The van der Waals surface area contributed by atoms with Crippen LogP contribution in [-0.4, -0.2) is 41.5 Å². The molecule has 1 aromatic rings. The van der Waals surface area contributed by atoms with Crippen molar-refractivity contribution in [2.75, 3.05) is 26.7 Å². The molecule has 4 heteroatoms. The number of nitrogens with one attached hydrogen (secondary N) is 1. The highest BCUT2D eigenvalue weighted by molar-refractivity contribution is 5.00. The third-order valence-electron chi connectivity index (χ3n) is 3.62. The number of hydrogen-bond acceptors (Lipinski definition) is 4. The standard InChI is InChI=1S/C13H22N4/c1-11(13-9-15-6-7-16-13)17(2)10-12-4-3-5-14-8-12/h6-7,9,11-12,14H,3-5,8,10H2,1-2H3/t11-,12-/m0/s1. The number of nitrogens with zero attached hydrogens (tertiary/aromatic N) is 3. The van der Waals surface area contributed by atoms with Crippen molar-refractivity contribution in [2.45, 2.75) is 25.8 Å². The summed E-state index contributed by atoms with van der Waals surface area (Å²) in [5.41, 5.74) is 1.05. The Kier molecular flexibility index (Phi) is 4.45. The number of hydrogen-bond donors (Lipinski definition) is 1. The zero-order chi connectivity index (χ0) is 12.1. The molecular formula is C13H22N4. The molecule has 0 amide bonds. The van der Waals surface area contributed by atoms with Crippen molar-refractivity contribution in [1.29, 1.82) is 0 Å². The molecule has 0 radical (unpaired) electrons. The van der Waals surface area contributed by atoms with E-state index in [0.29, 0.717) is 6.04 Å². The Morgan fingerprint density at radius 3 is 3.06 bits per heavy atom. The first-order chi connectivity index (χ1) is 8.27. The third kappa shape index (κ3) is 3.48. The fraction of sp³-hybridized carbons (Fsp3) is 0.692. The highest BCUT2D eigenvalue weighted by Gasteiger charge is 2.19. The van der Waals surface area contributed by atoms with E-state index in [1.54, 1.807) is 12.4 Å². The molecule has 0 aliphatic carbocycles. The normalized spacial score (nSPS) is 22.6. The lowest BCUT2D eigenvalue weighted by Gasteiger charge is -2.30. The quantitative estimate of drug-likeness (QED) is 0.856. The molecule has 1 aliphatic heterocycles. The van der Waals surface area contributed by atoms with Gasteiger partial charge >= 0.3 is 0 Å². The van der Waals surface area contributed by atoms with Crippen molar-refractivity contribution < 1.29 is 0 Å². The molecule has 1 N–H and O–H groups in total. The lowest BCUT2D eigenvalue weighted by Crippen LogP contribution is -2.37. The maximum Gasteiger partial charge on any atom is 0.0755 e. The van der Waals surface area contributed by atoms with Crippen LogP contribution in [0.25, 0.3) is 0 Å². The van der Waals surface area contributed by atoms with Crippen LogP contribution in [0.3, 0.4) is 0 Å². The number of aromatic nitrogens is 2. The van der Waals surface area contributed by atoms with E-state index in [1.165, 1.54) is 19.4 Å². The molecular weight excluding hydrogens is 212 g/mol. The minimum Gasteiger partial charge on any atom is -0.316 e. The molecule has 2 heterocycles. The van der Waals surface area contributed by atoms with Crippen molar-refractivity contribution in [3.63, 3.8) is 0 Å². The van der Waals surface area contributed by atoms with E-state index in [2.05, 4.69) is 34.2 Å². The van der Waals surface area contributed by atoms with Gasteiger partial charge in [0.25, 0.3) is 0 Å². The molecule has 0 spiro atoms. The molecule has 0 unspecified atom stereocenters. The van der Waals surface area contributed by atoms with Gasteiger partial charge in [0, 0.05) is 25.1 Å². The van der Waals surface area contributed by atoms with Gasteiger partial charge in [-0.15, -0.1) is 0 Å². The molecule has 1 fully saturated rings. The first-order valence-electron chi connectivity index (χ1n) is 6.44. The van der Waals surface area contributed by atoms with E-state index in [-0.39, 0.29) is 0 Å². The van der Waals surface area contributed by atoms with Gasteiger partial charge in [0.2, 0.25) is 0 Å². The van der Waals surface area contributed by atoms with E-state index < -0.39 is 0 Å². The monoisotopic (exact) mass is 234 g/mol. The van der Waals surface area contributed by atoms with Crippen molar-refractivity contribution in [3.8, 4) is 0 Å². The van der Waals surface area contributed by atoms with Crippen LogP contribution in [0.4, 0.5) is 0 Å². The minimum absolute atomic E-state index is 0.339. The minimum atomic E-state index is 0.339. The maximum atomic E-state index is 4.37. The van der Waals surface area contributed by atoms with Crippen molar-refractivity contribution in [1.82, 2.24) is 20.2 Å². The van der Waals surface area contributed by atoms with Crippen LogP contribution < -0.4 is 5.32 Å². The third-order valence-corrected chi connectivity index (χ3v) is 3.62. The van der Waals surface area contributed by atoms with Gasteiger partial charge in [0.05, 0.1) is 11.7 Å². The lowest BCUT2D eigenvalue weighted by atomic mass is 9.98. The van der Waals surface area contributed by atoms with E-state index in [1.807, 2.05) is 6.20 Å². The van der Waals surface area contributed by atoms with Gasteiger partial charge in [0.1, 0.15) is 0 Å². The van der Waals surface area contributed by atoms with Crippen LogP contribution in [0.1, 0.15) is 31.5 Å². The van der Waals surface area contributed by atoms with Gasteiger partial charge in [0.15, 0.2) is 0 Å². The van der Waals surface area contributed by atoms with Gasteiger partial charge in [-0.2, -0.15) is 0 Å². The van der Waals surface area contributed by atoms with E-state index in [0.717, 1.165) is 24.7 Å². The second-order valence-electron chi connectivity index (χ2n) is 4.96. The molecule has 0 saturated carbocycles. The smallest absolute Gasteiger partial charge is 0.0755 e. The Hall–Kier alpha value is -1.00. The van der Waals surface area contributed by atoms with Crippen molar-refractivity contribution >= 4 is 0 Å². The van der Waals surface area contributed by atoms with E-state index in [4.69, 9.17) is 0 Å². The van der Waals surface area contributed by atoms with Crippen LogP contribution in [-0.2, 0) is 0 Å². The van der Waals surface area contributed by atoms with Gasteiger partial charge < -0.3 is 5.32 Å². The summed E-state index contributed by atoms with van der Waals surface area (Å²) in [6.07, 6.45) is 7.99. The molecule has 0 bridgehead atoms. The van der Waals surface area contributed by atoms with Gasteiger partial charge in [-0.25, -0.2) is 0 Å². The molecule has 94 valence electrons. The number of piperidine rings is 1. The fourth-order valence-electron chi connectivity index (χ4n) is 2.40. The average molecular weight is 234 g/mol. The zero-order valence-electron chi connectivity index (χ0n) is 10.8. The highest BCUT2D eigenvalue weighted by Crippen LogP contribution is 2.19. The molecule has 0 aromatic carbocycles. The lowest BCUT2D eigenvalue weighted by molar-refractivity contribution is 0.196. The SMILES string of the molecule is C[C@@H](c1cnccn1)N(C)C[C@H]1CCCNC1. The summed E-state index contributed by atoms with van der Waals surface area (Å²) in [6.45, 7) is 5.66. The second-order valence-corrected chi connectivity index (χ2v) is 4.96. The molecule has 2 rings (SSSR count). The van der Waals surface area contributed by atoms with E-state index in [9.17, 15) is 0 Å². The molecule has 17 heavy (non-hydrogen) atoms. The predicted molar refractivity (Wildman–Crippen MR) is 68.7 cm³/mol. The van der Waals surface area contributed by atoms with Gasteiger partial charge in [-0.05, 0) is 45.8 Å². The van der Waals surface area contributed by atoms with Crippen LogP contribution in [0.2, 0.25) is 0 Å². The second kappa shape index (κ2) is 6.07. The van der Waals surface area contributed by atoms with Crippen LogP contribution in [0.5, 0.6) is 0 Å². The maximum absolute atomic E-state index is 4.37. The van der Waals surface area contributed by atoms with Crippen LogP contribution in [0.15, 0.2) is 18.6 Å². The first-order valence-corrected chi connectivity index (χ1v) is 6.44. The Balaban J connectivity index is 1.88. The summed E-state index contributed by atoms with van der Waals surface area (Å²) in [5.74, 6) is 0.771. The highest BCUT2D eigenvalue weighted by atomic mass is 15.1. The average Bonchev–Trinajstić information content (AvgIpc) is 2.40. The summed E-state index contributed by atoms with van der Waals surface area (Å²) >= 11 is 0. The number of rotatable bonds is 4. The molecule has 2 atom stereocenters. The molecule has 4 nitrogen and oxygen atoms in total. The molecule has 1 aromatic heterocycles. The summed E-state index contributed by atoms with van der Waals surface area (Å²) < 4.78 is 0. The fourth-order valence-corrected chi connectivity index (χ4v) is 2.40. The topological polar surface area (TPSA) is 41.1 Å². The Labute approximate surface area is 103 Å². The van der Waals surface area contributed by atoms with Gasteiger partial charge in [-0.3, -0.25) is 14.9 Å².